The van der Waals surface area contributed by atoms with Gasteiger partial charge in [-0.25, -0.2) is 14.5 Å². The van der Waals surface area contributed by atoms with Crippen LogP contribution < -0.4 is 0 Å². The summed E-state index contributed by atoms with van der Waals surface area (Å²) in [6.45, 7) is 11.0. The first-order valence-electron chi connectivity index (χ1n) is 13.7. The Morgan fingerprint density at radius 3 is 2.08 bits per heavy atom. The number of imide groups is 1. The molecule has 0 saturated heterocycles. The molecular weight excluding hydrogens is 468 g/mol. The SMILES string of the molecule is CC(C)(C)OC(=O)N(CC1CC(n2cc(-c3cccc(C4CC4)n3)c(C3CC3)n2)C1)C(=O)OC(C)(C)C. The number of ether oxygens (including phenoxy) is 2. The number of hydrogen-bond acceptors (Lipinski definition) is 6. The van der Waals surface area contributed by atoms with Crippen molar-refractivity contribution in [3.05, 3.63) is 35.8 Å². The minimum absolute atomic E-state index is 0.165. The standard InChI is InChI=1S/C29H40N4O4/c1-28(2,3)36-26(34)32(27(35)37-29(4,5)6)16-18-14-21(15-18)33-17-22(25(31-33)20-12-13-20)24-9-7-8-23(30-24)19-10-11-19/h7-9,17-21H,10-16H2,1-6H3. The molecule has 2 heterocycles. The number of amides is 2. The molecule has 200 valence electrons. The van der Waals surface area contributed by atoms with E-state index in [1.165, 1.54) is 31.4 Å². The summed E-state index contributed by atoms with van der Waals surface area (Å²) in [6, 6.07) is 6.59. The van der Waals surface area contributed by atoms with Crippen molar-refractivity contribution in [2.24, 2.45) is 5.92 Å². The van der Waals surface area contributed by atoms with Gasteiger partial charge >= 0.3 is 12.2 Å². The maximum absolute atomic E-state index is 12.9. The van der Waals surface area contributed by atoms with Gasteiger partial charge in [-0.15, -0.1) is 0 Å². The van der Waals surface area contributed by atoms with E-state index in [0.29, 0.717) is 11.8 Å². The van der Waals surface area contributed by atoms with E-state index in [2.05, 4.69) is 29.1 Å². The van der Waals surface area contributed by atoms with E-state index in [-0.39, 0.29) is 18.5 Å². The summed E-state index contributed by atoms with van der Waals surface area (Å²) in [4.78, 5) is 31.8. The van der Waals surface area contributed by atoms with Gasteiger partial charge in [0.05, 0.1) is 17.4 Å². The Morgan fingerprint density at radius 2 is 1.54 bits per heavy atom. The average Bonchev–Trinajstić information content (AvgIpc) is 3.67. The third-order valence-electron chi connectivity index (χ3n) is 7.02. The molecule has 5 rings (SSSR count). The molecule has 3 aliphatic rings. The molecule has 2 aromatic heterocycles. The lowest BCUT2D eigenvalue weighted by Crippen LogP contribution is -2.47. The molecule has 0 spiro atoms. The zero-order valence-corrected chi connectivity index (χ0v) is 23.0. The first-order valence-corrected chi connectivity index (χ1v) is 13.7. The summed E-state index contributed by atoms with van der Waals surface area (Å²) in [5.74, 6) is 1.30. The Morgan fingerprint density at radius 1 is 0.946 bits per heavy atom. The molecule has 8 heteroatoms. The Kier molecular flexibility index (Phi) is 6.57. The molecule has 8 nitrogen and oxygen atoms in total. The van der Waals surface area contributed by atoms with Gasteiger partial charge in [0.2, 0.25) is 0 Å². The predicted molar refractivity (Wildman–Crippen MR) is 140 cm³/mol. The van der Waals surface area contributed by atoms with Crippen molar-refractivity contribution >= 4 is 12.2 Å². The van der Waals surface area contributed by atoms with Crippen LogP contribution in [0.2, 0.25) is 0 Å². The summed E-state index contributed by atoms with van der Waals surface area (Å²) >= 11 is 0. The van der Waals surface area contributed by atoms with Gasteiger partial charge in [-0.3, -0.25) is 9.67 Å². The van der Waals surface area contributed by atoms with Gasteiger partial charge in [-0.2, -0.15) is 5.10 Å². The van der Waals surface area contributed by atoms with Gasteiger partial charge in [-0.05, 0) is 98.1 Å². The lowest BCUT2D eigenvalue weighted by atomic mass is 9.80. The first-order chi connectivity index (χ1) is 17.4. The lowest BCUT2D eigenvalue weighted by Gasteiger charge is -2.38. The molecule has 0 bridgehead atoms. The van der Waals surface area contributed by atoms with Crippen LogP contribution in [0, 0.1) is 5.92 Å². The number of rotatable bonds is 6. The number of carbonyl (C=O) groups excluding carboxylic acids is 2. The minimum atomic E-state index is -0.699. The number of nitrogens with zero attached hydrogens (tertiary/aromatic N) is 4. The van der Waals surface area contributed by atoms with E-state index in [1.54, 1.807) is 41.5 Å². The molecule has 2 amide bonds. The molecule has 3 fully saturated rings. The molecule has 0 radical (unpaired) electrons. The Labute approximate surface area is 219 Å². The van der Waals surface area contributed by atoms with Crippen LogP contribution in [0.15, 0.2) is 24.4 Å². The van der Waals surface area contributed by atoms with Crippen molar-refractivity contribution in [3.63, 3.8) is 0 Å². The highest BCUT2D eigenvalue weighted by molar-refractivity contribution is 5.88. The Balaban J connectivity index is 1.28. The molecule has 0 unspecified atom stereocenters. The third-order valence-corrected chi connectivity index (χ3v) is 7.02. The van der Waals surface area contributed by atoms with Crippen molar-refractivity contribution < 1.29 is 19.1 Å². The molecular formula is C29H40N4O4. The summed E-state index contributed by atoms with van der Waals surface area (Å²) in [5.41, 5.74) is 3.13. The van der Waals surface area contributed by atoms with Crippen LogP contribution in [0.1, 0.15) is 109 Å². The fourth-order valence-corrected chi connectivity index (χ4v) is 4.84. The van der Waals surface area contributed by atoms with Crippen LogP contribution in [0.25, 0.3) is 11.3 Å². The van der Waals surface area contributed by atoms with E-state index >= 15 is 0 Å². The fraction of sp³-hybridized carbons (Fsp3) is 0.655. The first kappa shape index (κ1) is 25.7. The highest BCUT2D eigenvalue weighted by Crippen LogP contribution is 2.46. The summed E-state index contributed by atoms with van der Waals surface area (Å²) < 4.78 is 13.1. The summed E-state index contributed by atoms with van der Waals surface area (Å²) in [6.07, 6.45) is 7.34. The maximum atomic E-state index is 12.9. The van der Waals surface area contributed by atoms with Crippen molar-refractivity contribution in [2.75, 3.05) is 6.54 Å². The fourth-order valence-electron chi connectivity index (χ4n) is 4.84. The third kappa shape index (κ3) is 6.33. The van der Waals surface area contributed by atoms with Gasteiger partial charge in [-0.1, -0.05) is 6.07 Å². The van der Waals surface area contributed by atoms with Crippen LogP contribution in [0.5, 0.6) is 0 Å². The summed E-state index contributed by atoms with van der Waals surface area (Å²) in [7, 11) is 0. The van der Waals surface area contributed by atoms with Crippen molar-refractivity contribution in [3.8, 4) is 11.3 Å². The Hall–Kier alpha value is -2.90. The lowest BCUT2D eigenvalue weighted by molar-refractivity contribution is -0.00641. The molecule has 0 atom stereocenters. The van der Waals surface area contributed by atoms with Gasteiger partial charge < -0.3 is 9.47 Å². The van der Waals surface area contributed by atoms with E-state index in [4.69, 9.17) is 19.6 Å². The predicted octanol–water partition coefficient (Wildman–Crippen LogP) is 6.82. The quantitative estimate of drug-likeness (QED) is 0.425. The highest BCUT2D eigenvalue weighted by atomic mass is 16.6. The normalized spacial score (nSPS) is 21.8. The average molecular weight is 509 g/mol. The monoisotopic (exact) mass is 508 g/mol. The van der Waals surface area contributed by atoms with Crippen molar-refractivity contribution in [1.29, 1.82) is 0 Å². The number of carbonyl (C=O) groups is 2. The van der Waals surface area contributed by atoms with Crippen LogP contribution in [0.4, 0.5) is 9.59 Å². The molecule has 0 aliphatic heterocycles. The number of hydrogen-bond donors (Lipinski definition) is 0. The van der Waals surface area contributed by atoms with Crippen LogP contribution in [-0.4, -0.2) is 49.6 Å². The van der Waals surface area contributed by atoms with E-state index < -0.39 is 23.4 Å². The molecule has 3 aliphatic carbocycles. The minimum Gasteiger partial charge on any atom is -0.443 e. The Bertz CT molecular complexity index is 1130. The highest BCUT2D eigenvalue weighted by Gasteiger charge is 2.39. The van der Waals surface area contributed by atoms with Gasteiger partial charge in [0.25, 0.3) is 0 Å². The molecule has 0 N–H and O–H groups in total. The summed E-state index contributed by atoms with van der Waals surface area (Å²) in [5, 5.41) is 5.02. The number of aromatic nitrogens is 3. The van der Waals surface area contributed by atoms with Gasteiger partial charge in [0, 0.05) is 35.8 Å². The zero-order chi connectivity index (χ0) is 26.5. The van der Waals surface area contributed by atoms with Gasteiger partial charge in [0.15, 0.2) is 0 Å². The van der Waals surface area contributed by atoms with Crippen LogP contribution in [0.3, 0.4) is 0 Å². The van der Waals surface area contributed by atoms with E-state index in [1.807, 2.05) is 0 Å². The molecule has 37 heavy (non-hydrogen) atoms. The molecule has 0 aromatic carbocycles. The van der Waals surface area contributed by atoms with E-state index in [9.17, 15) is 9.59 Å². The maximum Gasteiger partial charge on any atom is 0.419 e. The van der Waals surface area contributed by atoms with E-state index in [0.717, 1.165) is 34.7 Å². The largest absolute Gasteiger partial charge is 0.443 e. The topological polar surface area (TPSA) is 86.5 Å². The molecule has 2 aromatic rings. The smallest absolute Gasteiger partial charge is 0.419 e. The second kappa shape index (κ2) is 9.44. The van der Waals surface area contributed by atoms with Crippen LogP contribution >= 0.6 is 0 Å². The zero-order valence-electron chi connectivity index (χ0n) is 23.0. The van der Waals surface area contributed by atoms with Gasteiger partial charge in [0.1, 0.15) is 11.2 Å². The van der Waals surface area contributed by atoms with Crippen molar-refractivity contribution in [1.82, 2.24) is 19.7 Å². The number of pyridine rings is 1. The van der Waals surface area contributed by atoms with Crippen LogP contribution in [-0.2, 0) is 9.47 Å². The second-order valence-corrected chi connectivity index (χ2v) is 13.0. The molecule has 3 saturated carbocycles. The van der Waals surface area contributed by atoms with Crippen molar-refractivity contribution in [2.45, 2.75) is 109 Å². The second-order valence-electron chi connectivity index (χ2n) is 13.0.